The molecule has 0 unspecified atom stereocenters. The van der Waals surface area contributed by atoms with E-state index in [1.165, 1.54) is 25.0 Å². The fourth-order valence-electron chi connectivity index (χ4n) is 0.866. The summed E-state index contributed by atoms with van der Waals surface area (Å²) in [5.74, 6) is -0.0826. The van der Waals surface area contributed by atoms with Crippen molar-refractivity contribution < 1.29 is 19.5 Å². The number of rotatable bonds is 3. The Morgan fingerprint density at radius 3 is 2.00 bits per heavy atom. The summed E-state index contributed by atoms with van der Waals surface area (Å²) in [7, 11) is -4.07. The average molecular weight is 246 g/mol. The van der Waals surface area contributed by atoms with Crippen molar-refractivity contribution in [1.82, 2.24) is 0 Å². The highest BCUT2D eigenvalue weighted by molar-refractivity contribution is 7.50. The van der Waals surface area contributed by atoms with Gasteiger partial charge in [-0.05, 0) is 6.07 Å². The first-order valence-corrected chi connectivity index (χ1v) is 7.02. The number of hydrogen-bond acceptors (Lipinski definition) is 2. The minimum absolute atomic E-state index is 0.0826. The minimum Gasteiger partial charge on any atom is -0.508 e. The van der Waals surface area contributed by atoms with Crippen LogP contribution in [-0.2, 0) is 10.7 Å². The van der Waals surface area contributed by atoms with Crippen LogP contribution >= 0.6 is 7.60 Å². The van der Waals surface area contributed by atoms with Crippen LogP contribution in [0.2, 0.25) is 0 Å². The maximum Gasteiger partial charge on any atom is 0.330 e. The Labute approximate surface area is 96.1 Å². The van der Waals surface area contributed by atoms with Gasteiger partial charge in [-0.15, -0.1) is 0 Å². The van der Waals surface area contributed by atoms with E-state index in [4.69, 9.17) is 14.9 Å². The van der Waals surface area contributed by atoms with Crippen LogP contribution in [0, 0.1) is 0 Å². The summed E-state index contributed by atoms with van der Waals surface area (Å²) in [6.07, 6.45) is 2.22. The van der Waals surface area contributed by atoms with E-state index in [9.17, 15) is 4.57 Å². The van der Waals surface area contributed by atoms with Crippen LogP contribution in [0.1, 0.15) is 32.3 Å². The first-order chi connectivity index (χ1) is 7.40. The van der Waals surface area contributed by atoms with Gasteiger partial charge < -0.3 is 14.9 Å². The molecule has 0 aliphatic heterocycles. The largest absolute Gasteiger partial charge is 0.508 e. The third-order valence-corrected chi connectivity index (χ3v) is 2.62. The Balaban J connectivity index is 0.000000487. The zero-order chi connectivity index (χ0) is 12.6. The molecular formula is C11H19O4P. The Kier molecular flexibility index (Phi) is 7.06. The molecule has 1 aromatic carbocycles. The predicted octanol–water partition coefficient (Wildman–Crippen LogP) is 2.88. The van der Waals surface area contributed by atoms with Crippen LogP contribution in [0.5, 0.6) is 5.75 Å². The van der Waals surface area contributed by atoms with Crippen LogP contribution in [0.3, 0.4) is 0 Å². The van der Waals surface area contributed by atoms with Gasteiger partial charge in [0.25, 0.3) is 0 Å². The normalized spacial score (nSPS) is 10.5. The molecule has 0 fully saturated rings. The van der Waals surface area contributed by atoms with Gasteiger partial charge >= 0.3 is 7.60 Å². The third kappa shape index (κ3) is 7.46. The van der Waals surface area contributed by atoms with Crippen LogP contribution in [0.25, 0.3) is 0 Å². The Morgan fingerprint density at radius 2 is 1.62 bits per heavy atom. The van der Waals surface area contributed by atoms with E-state index in [1.807, 2.05) is 0 Å². The van der Waals surface area contributed by atoms with E-state index in [2.05, 4.69) is 13.8 Å². The molecule has 1 aromatic rings. The number of para-hydroxylation sites is 1. The molecule has 4 nitrogen and oxygen atoms in total. The van der Waals surface area contributed by atoms with E-state index >= 15 is 0 Å². The average Bonchev–Trinajstić information content (AvgIpc) is 2.20. The van der Waals surface area contributed by atoms with Crippen molar-refractivity contribution in [3.05, 3.63) is 29.8 Å². The minimum atomic E-state index is -4.07. The fraction of sp³-hybridized carbons (Fsp3) is 0.455. The van der Waals surface area contributed by atoms with Crippen LogP contribution in [-0.4, -0.2) is 14.9 Å². The number of unbranched alkanes of at least 4 members (excludes halogenated alkanes) is 1. The van der Waals surface area contributed by atoms with E-state index in [1.54, 1.807) is 12.1 Å². The van der Waals surface area contributed by atoms with Crippen molar-refractivity contribution in [2.24, 2.45) is 0 Å². The molecule has 0 bridgehead atoms. The molecule has 3 N–H and O–H groups in total. The topological polar surface area (TPSA) is 77.8 Å². The zero-order valence-electron chi connectivity index (χ0n) is 9.63. The van der Waals surface area contributed by atoms with Crippen molar-refractivity contribution in [3.63, 3.8) is 0 Å². The molecule has 5 heteroatoms. The van der Waals surface area contributed by atoms with Gasteiger partial charge in [-0.2, -0.15) is 0 Å². The molecule has 0 aliphatic carbocycles. The van der Waals surface area contributed by atoms with Crippen LogP contribution in [0.4, 0.5) is 0 Å². The highest BCUT2D eigenvalue weighted by Gasteiger charge is 2.15. The second-order valence-electron chi connectivity index (χ2n) is 3.45. The lowest BCUT2D eigenvalue weighted by Gasteiger charge is -2.04. The molecule has 0 amide bonds. The van der Waals surface area contributed by atoms with Crippen molar-refractivity contribution in [2.45, 2.75) is 32.9 Å². The number of aromatic hydroxyl groups is 1. The van der Waals surface area contributed by atoms with Gasteiger partial charge in [-0.3, -0.25) is 4.57 Å². The van der Waals surface area contributed by atoms with Gasteiger partial charge in [0.1, 0.15) is 5.75 Å². The first kappa shape index (κ1) is 15.2. The van der Waals surface area contributed by atoms with E-state index in [0.29, 0.717) is 0 Å². The molecule has 0 saturated heterocycles. The molecule has 0 radical (unpaired) electrons. The SMILES string of the molecule is CCCC.O=P(O)(O)Cc1ccccc1O. The molecule has 0 spiro atoms. The summed E-state index contributed by atoms with van der Waals surface area (Å²) in [4.78, 5) is 17.2. The van der Waals surface area contributed by atoms with Crippen molar-refractivity contribution in [1.29, 1.82) is 0 Å². The molecule has 16 heavy (non-hydrogen) atoms. The molecule has 0 saturated carbocycles. The summed E-state index contributed by atoms with van der Waals surface area (Å²) in [5, 5.41) is 9.13. The van der Waals surface area contributed by atoms with Gasteiger partial charge in [-0.25, -0.2) is 0 Å². The number of hydrogen-bond donors (Lipinski definition) is 3. The first-order valence-electron chi connectivity index (χ1n) is 5.22. The third-order valence-electron chi connectivity index (χ3n) is 1.87. The van der Waals surface area contributed by atoms with Gasteiger partial charge in [0.05, 0.1) is 6.16 Å². The second kappa shape index (κ2) is 7.44. The van der Waals surface area contributed by atoms with Crippen LogP contribution < -0.4 is 0 Å². The summed E-state index contributed by atoms with van der Waals surface area (Å²) in [6, 6.07) is 6.09. The Morgan fingerprint density at radius 1 is 1.12 bits per heavy atom. The number of phenolic OH excluding ortho intramolecular Hbond substituents is 1. The zero-order valence-corrected chi connectivity index (χ0v) is 10.5. The van der Waals surface area contributed by atoms with Gasteiger partial charge in [0.15, 0.2) is 0 Å². The second-order valence-corrected chi connectivity index (χ2v) is 5.10. The summed E-state index contributed by atoms with van der Waals surface area (Å²) >= 11 is 0. The van der Waals surface area contributed by atoms with Gasteiger partial charge in [0.2, 0.25) is 0 Å². The number of phenols is 1. The fourth-order valence-corrected chi connectivity index (χ4v) is 1.58. The van der Waals surface area contributed by atoms with Crippen LogP contribution in [0.15, 0.2) is 24.3 Å². The summed E-state index contributed by atoms with van der Waals surface area (Å²) in [6.45, 7) is 4.36. The standard InChI is InChI=1S/C7H9O4P.C4H10/c8-7-4-2-1-3-6(7)5-12(9,10)11;1-3-4-2/h1-4,8H,5H2,(H2,9,10,11);3-4H2,1-2H3. The highest BCUT2D eigenvalue weighted by atomic mass is 31.2. The van der Waals surface area contributed by atoms with E-state index < -0.39 is 13.8 Å². The summed E-state index contributed by atoms with van der Waals surface area (Å²) in [5.41, 5.74) is 0.269. The molecule has 0 atom stereocenters. The van der Waals surface area contributed by atoms with Gasteiger partial charge in [-0.1, -0.05) is 44.9 Å². The lowest BCUT2D eigenvalue weighted by Crippen LogP contribution is -1.86. The molecule has 1 rings (SSSR count). The molecule has 0 aromatic heterocycles. The molecule has 0 heterocycles. The molecule has 0 aliphatic rings. The Bertz CT molecular complexity index is 344. The maximum absolute atomic E-state index is 10.5. The van der Waals surface area contributed by atoms with E-state index in [0.717, 1.165) is 0 Å². The van der Waals surface area contributed by atoms with E-state index in [-0.39, 0.29) is 11.3 Å². The maximum atomic E-state index is 10.5. The quantitative estimate of drug-likeness (QED) is 0.716. The number of benzene rings is 1. The van der Waals surface area contributed by atoms with Crippen molar-refractivity contribution in [3.8, 4) is 5.75 Å². The van der Waals surface area contributed by atoms with Crippen molar-refractivity contribution in [2.75, 3.05) is 0 Å². The van der Waals surface area contributed by atoms with Gasteiger partial charge in [0, 0.05) is 5.56 Å². The van der Waals surface area contributed by atoms with Crippen molar-refractivity contribution >= 4 is 7.60 Å². The lowest BCUT2D eigenvalue weighted by molar-refractivity contribution is 0.370. The smallest absolute Gasteiger partial charge is 0.330 e. The summed E-state index contributed by atoms with van der Waals surface area (Å²) < 4.78 is 10.5. The monoisotopic (exact) mass is 246 g/mol. The molecule has 92 valence electrons. The predicted molar refractivity (Wildman–Crippen MR) is 64.4 cm³/mol. The lowest BCUT2D eigenvalue weighted by atomic mass is 10.2. The highest BCUT2D eigenvalue weighted by Crippen LogP contribution is 2.41. The molecular weight excluding hydrogens is 227 g/mol. The Hall–Kier alpha value is -0.830.